The Balaban J connectivity index is 2.07. The highest BCUT2D eigenvalue weighted by Gasteiger charge is 2.13. The van der Waals surface area contributed by atoms with Crippen molar-refractivity contribution < 1.29 is 4.79 Å². The Bertz CT molecular complexity index is 762. The maximum atomic E-state index is 12.2. The fourth-order valence-corrected chi connectivity index (χ4v) is 2.17. The van der Waals surface area contributed by atoms with E-state index >= 15 is 0 Å². The Morgan fingerprint density at radius 1 is 1.29 bits per heavy atom. The lowest BCUT2D eigenvalue weighted by Gasteiger charge is -2.19. The van der Waals surface area contributed by atoms with E-state index in [9.17, 15) is 4.79 Å². The van der Waals surface area contributed by atoms with Gasteiger partial charge in [0.1, 0.15) is 12.1 Å². The van der Waals surface area contributed by atoms with Gasteiger partial charge in [-0.05, 0) is 30.7 Å². The molecule has 122 valence electrons. The van der Waals surface area contributed by atoms with Gasteiger partial charge in [0.15, 0.2) is 11.4 Å². The normalized spacial score (nSPS) is 9.83. The summed E-state index contributed by atoms with van der Waals surface area (Å²) in [7, 11) is 2.01. The second-order valence-corrected chi connectivity index (χ2v) is 5.31. The standard InChI is InChI=1S/C17H18N6O/c1-3-4-9-23(2)13-7-5-12(6-8-13)16(24)22-17-20-14(10-18)15(11-19)21-17/h5-8H,3-4,9H2,1-2H3,(H2,20,21,22,24). The lowest BCUT2D eigenvalue weighted by Crippen LogP contribution is -2.18. The molecule has 0 unspecified atom stereocenters. The number of benzene rings is 1. The predicted octanol–water partition coefficient (Wildman–Crippen LogP) is 2.64. The second-order valence-electron chi connectivity index (χ2n) is 5.31. The zero-order chi connectivity index (χ0) is 17.5. The van der Waals surface area contributed by atoms with Gasteiger partial charge in [-0.2, -0.15) is 10.5 Å². The number of carbonyl (C=O) groups is 1. The van der Waals surface area contributed by atoms with Gasteiger partial charge in [-0.3, -0.25) is 10.1 Å². The van der Waals surface area contributed by atoms with Crippen molar-refractivity contribution in [1.82, 2.24) is 9.97 Å². The lowest BCUT2D eigenvalue weighted by molar-refractivity contribution is 0.102. The smallest absolute Gasteiger partial charge is 0.257 e. The van der Waals surface area contributed by atoms with Crippen LogP contribution >= 0.6 is 0 Å². The van der Waals surface area contributed by atoms with Gasteiger partial charge in [0.25, 0.3) is 5.91 Å². The molecule has 0 aliphatic carbocycles. The Hall–Kier alpha value is -3.32. The average Bonchev–Trinajstić information content (AvgIpc) is 3.01. The number of nitrogens with zero attached hydrogens (tertiary/aromatic N) is 4. The Morgan fingerprint density at radius 3 is 2.54 bits per heavy atom. The van der Waals surface area contributed by atoms with Crippen molar-refractivity contribution in [1.29, 1.82) is 10.5 Å². The van der Waals surface area contributed by atoms with E-state index in [1.165, 1.54) is 0 Å². The Morgan fingerprint density at radius 2 is 2.00 bits per heavy atom. The van der Waals surface area contributed by atoms with E-state index in [0.717, 1.165) is 25.1 Å². The van der Waals surface area contributed by atoms with Crippen LogP contribution in [0.5, 0.6) is 0 Å². The number of anilines is 2. The third-order valence-corrected chi connectivity index (χ3v) is 3.57. The van der Waals surface area contributed by atoms with Crippen LogP contribution in [0, 0.1) is 22.7 Å². The first-order valence-electron chi connectivity index (χ1n) is 7.61. The number of nitriles is 2. The first-order valence-corrected chi connectivity index (χ1v) is 7.61. The summed E-state index contributed by atoms with van der Waals surface area (Å²) in [5, 5.41) is 20.3. The summed E-state index contributed by atoms with van der Waals surface area (Å²) in [4.78, 5) is 20.8. The molecule has 1 amide bonds. The number of rotatable bonds is 6. The van der Waals surface area contributed by atoms with Crippen LogP contribution in [0.15, 0.2) is 24.3 Å². The number of hydrogen-bond donors (Lipinski definition) is 2. The molecule has 0 aliphatic heterocycles. The predicted molar refractivity (Wildman–Crippen MR) is 90.6 cm³/mol. The summed E-state index contributed by atoms with van der Waals surface area (Å²) in [5.41, 5.74) is 1.49. The molecule has 2 rings (SSSR count). The molecule has 1 heterocycles. The molecule has 0 bridgehead atoms. The first-order chi connectivity index (χ1) is 11.6. The van der Waals surface area contributed by atoms with E-state index in [2.05, 4.69) is 27.1 Å². The maximum Gasteiger partial charge on any atom is 0.257 e. The number of unbranched alkanes of at least 4 members (excludes halogenated alkanes) is 1. The van der Waals surface area contributed by atoms with Gasteiger partial charge in [0.05, 0.1) is 0 Å². The molecule has 0 fully saturated rings. The van der Waals surface area contributed by atoms with Crippen LogP contribution in [0.3, 0.4) is 0 Å². The molecule has 2 N–H and O–H groups in total. The van der Waals surface area contributed by atoms with Gasteiger partial charge in [0.2, 0.25) is 5.95 Å². The minimum atomic E-state index is -0.361. The zero-order valence-electron chi connectivity index (χ0n) is 13.6. The van der Waals surface area contributed by atoms with Crippen molar-refractivity contribution in [2.45, 2.75) is 19.8 Å². The second kappa shape index (κ2) is 7.80. The maximum absolute atomic E-state index is 12.2. The fraction of sp³-hybridized carbons (Fsp3) is 0.294. The molecule has 1 aromatic carbocycles. The van der Waals surface area contributed by atoms with E-state index in [1.807, 2.05) is 25.2 Å². The molecule has 0 atom stereocenters. The molecular weight excluding hydrogens is 304 g/mol. The Labute approximate surface area is 140 Å². The van der Waals surface area contributed by atoms with Crippen LogP contribution in [0.2, 0.25) is 0 Å². The van der Waals surface area contributed by atoms with E-state index < -0.39 is 0 Å². The van der Waals surface area contributed by atoms with Gasteiger partial charge in [0, 0.05) is 24.8 Å². The summed E-state index contributed by atoms with van der Waals surface area (Å²) in [6.45, 7) is 3.10. The van der Waals surface area contributed by atoms with Crippen LogP contribution in [-0.2, 0) is 0 Å². The molecule has 0 aliphatic rings. The minimum absolute atomic E-state index is 0.0284. The van der Waals surface area contributed by atoms with Crippen molar-refractivity contribution in [2.75, 3.05) is 23.8 Å². The third-order valence-electron chi connectivity index (χ3n) is 3.57. The average molecular weight is 322 g/mol. The number of H-pyrrole nitrogens is 1. The van der Waals surface area contributed by atoms with Gasteiger partial charge >= 0.3 is 0 Å². The molecule has 7 heteroatoms. The van der Waals surface area contributed by atoms with Gasteiger partial charge in [-0.25, -0.2) is 4.98 Å². The van der Waals surface area contributed by atoms with Gasteiger partial charge in [-0.15, -0.1) is 0 Å². The van der Waals surface area contributed by atoms with Crippen LogP contribution < -0.4 is 10.2 Å². The summed E-state index contributed by atoms with van der Waals surface area (Å²) >= 11 is 0. The molecular formula is C17H18N6O. The quantitative estimate of drug-likeness (QED) is 0.849. The van der Waals surface area contributed by atoms with Crippen molar-refractivity contribution in [2.24, 2.45) is 0 Å². The molecule has 0 spiro atoms. The van der Waals surface area contributed by atoms with E-state index in [1.54, 1.807) is 18.2 Å². The number of hydrogen-bond acceptors (Lipinski definition) is 5. The van der Waals surface area contributed by atoms with Crippen molar-refractivity contribution >= 4 is 17.5 Å². The topological polar surface area (TPSA) is 109 Å². The van der Waals surface area contributed by atoms with Crippen molar-refractivity contribution in [3.05, 3.63) is 41.2 Å². The highest BCUT2D eigenvalue weighted by Crippen LogP contribution is 2.16. The summed E-state index contributed by atoms with van der Waals surface area (Å²) in [5.74, 6) is -0.280. The molecule has 0 saturated heterocycles. The molecule has 0 saturated carbocycles. The van der Waals surface area contributed by atoms with Crippen LogP contribution in [0.4, 0.5) is 11.6 Å². The third kappa shape index (κ3) is 3.90. The van der Waals surface area contributed by atoms with E-state index in [0.29, 0.717) is 5.56 Å². The number of amides is 1. The van der Waals surface area contributed by atoms with Crippen molar-refractivity contribution in [3.8, 4) is 12.1 Å². The van der Waals surface area contributed by atoms with Crippen LogP contribution in [-0.4, -0.2) is 29.5 Å². The summed E-state index contributed by atoms with van der Waals surface area (Å²) in [6, 6.07) is 10.8. The number of imidazole rings is 1. The number of aromatic nitrogens is 2. The minimum Gasteiger partial charge on any atom is -0.375 e. The molecule has 1 aromatic heterocycles. The van der Waals surface area contributed by atoms with Crippen molar-refractivity contribution in [3.63, 3.8) is 0 Å². The molecule has 2 aromatic rings. The van der Waals surface area contributed by atoms with Gasteiger partial charge < -0.3 is 9.88 Å². The summed E-state index contributed by atoms with van der Waals surface area (Å²) in [6.07, 6.45) is 2.24. The molecule has 0 radical (unpaired) electrons. The number of nitrogens with one attached hydrogen (secondary N) is 2. The fourth-order valence-electron chi connectivity index (χ4n) is 2.17. The number of aromatic amines is 1. The van der Waals surface area contributed by atoms with Crippen LogP contribution in [0.25, 0.3) is 0 Å². The van der Waals surface area contributed by atoms with Crippen LogP contribution in [0.1, 0.15) is 41.5 Å². The highest BCUT2D eigenvalue weighted by molar-refractivity contribution is 6.03. The lowest BCUT2D eigenvalue weighted by atomic mass is 10.2. The monoisotopic (exact) mass is 322 g/mol. The largest absolute Gasteiger partial charge is 0.375 e. The SMILES string of the molecule is CCCCN(C)c1ccc(C(=O)Nc2nc(C#N)c(C#N)[nH]2)cc1. The molecule has 24 heavy (non-hydrogen) atoms. The van der Waals surface area contributed by atoms with E-state index in [-0.39, 0.29) is 23.2 Å². The first kappa shape index (κ1) is 17.0. The molecule has 7 nitrogen and oxygen atoms in total. The highest BCUT2D eigenvalue weighted by atomic mass is 16.1. The Kier molecular flexibility index (Phi) is 5.54. The summed E-state index contributed by atoms with van der Waals surface area (Å²) < 4.78 is 0. The van der Waals surface area contributed by atoms with Gasteiger partial charge in [-0.1, -0.05) is 13.3 Å². The van der Waals surface area contributed by atoms with E-state index in [4.69, 9.17) is 10.5 Å². The number of carbonyl (C=O) groups excluding carboxylic acids is 1. The zero-order valence-corrected chi connectivity index (χ0v) is 13.6.